The first kappa shape index (κ1) is 15.8. The van der Waals surface area contributed by atoms with Gasteiger partial charge in [-0.2, -0.15) is 11.8 Å². The molecule has 0 aromatic rings. The highest BCUT2D eigenvalue weighted by Crippen LogP contribution is 2.12. The average Bonchev–Trinajstić information content (AvgIpc) is 2.13. The van der Waals surface area contributed by atoms with Crippen molar-refractivity contribution in [2.24, 2.45) is 0 Å². The van der Waals surface area contributed by atoms with E-state index in [0.717, 1.165) is 12.8 Å². The first-order chi connectivity index (χ1) is 7.45. The zero-order valence-corrected chi connectivity index (χ0v) is 12.0. The molecule has 0 aromatic carbocycles. The molecule has 0 atom stereocenters. The molecule has 0 amide bonds. The minimum absolute atomic E-state index is 0.0638. The summed E-state index contributed by atoms with van der Waals surface area (Å²) in [7, 11) is 0. The highest BCUT2D eigenvalue weighted by atomic mass is 32.2. The largest absolute Gasteiger partial charge is 0.460 e. The Hall–Kier alpha value is -0.180. The summed E-state index contributed by atoms with van der Waals surface area (Å²) in [6.45, 7) is 7.94. The topological polar surface area (TPSA) is 26.3 Å². The smallest absolute Gasteiger partial charge is 0.306 e. The summed E-state index contributed by atoms with van der Waals surface area (Å²) in [6.07, 6.45) is 5.20. The minimum Gasteiger partial charge on any atom is -0.460 e. The van der Waals surface area contributed by atoms with E-state index in [9.17, 15) is 4.79 Å². The fourth-order valence-electron chi connectivity index (χ4n) is 1.21. The number of esters is 1. The summed E-state index contributed by atoms with van der Waals surface area (Å²) in [6, 6.07) is 0. The molecule has 0 aliphatic rings. The number of thioether (sulfide) groups is 1. The summed E-state index contributed by atoms with van der Waals surface area (Å²) in [5.74, 6) is 2.36. The Labute approximate surface area is 105 Å². The summed E-state index contributed by atoms with van der Waals surface area (Å²) in [5.41, 5.74) is -0.340. The molecule has 0 saturated heterocycles. The minimum atomic E-state index is -0.340. The van der Waals surface area contributed by atoms with Gasteiger partial charge in [0.2, 0.25) is 0 Å². The van der Waals surface area contributed by atoms with E-state index in [2.05, 4.69) is 6.92 Å². The van der Waals surface area contributed by atoms with E-state index in [1.807, 2.05) is 32.5 Å². The van der Waals surface area contributed by atoms with Crippen molar-refractivity contribution in [3.63, 3.8) is 0 Å². The number of hydrogen-bond acceptors (Lipinski definition) is 3. The summed E-state index contributed by atoms with van der Waals surface area (Å²) < 4.78 is 5.24. The van der Waals surface area contributed by atoms with Crippen LogP contribution in [0, 0.1) is 0 Å². The van der Waals surface area contributed by atoms with E-state index in [1.165, 1.54) is 24.3 Å². The first-order valence-corrected chi connectivity index (χ1v) is 7.41. The third-order valence-corrected chi connectivity index (χ3v) is 3.14. The summed E-state index contributed by atoms with van der Waals surface area (Å²) in [5, 5.41) is 0. The van der Waals surface area contributed by atoms with Crippen LogP contribution in [0.1, 0.15) is 59.8 Å². The first-order valence-electron chi connectivity index (χ1n) is 6.25. The van der Waals surface area contributed by atoms with Gasteiger partial charge < -0.3 is 4.74 Å². The Morgan fingerprint density at radius 1 is 1.12 bits per heavy atom. The Balaban J connectivity index is 3.28. The van der Waals surface area contributed by atoms with Crippen LogP contribution < -0.4 is 0 Å². The van der Waals surface area contributed by atoms with Crippen molar-refractivity contribution in [2.45, 2.75) is 65.4 Å². The van der Waals surface area contributed by atoms with Crippen molar-refractivity contribution in [1.29, 1.82) is 0 Å². The van der Waals surface area contributed by atoms with Gasteiger partial charge in [0.25, 0.3) is 0 Å². The molecule has 16 heavy (non-hydrogen) atoms. The molecule has 0 spiro atoms. The second kappa shape index (κ2) is 8.91. The van der Waals surface area contributed by atoms with Crippen molar-refractivity contribution >= 4 is 17.7 Å². The molecular weight excluding hydrogens is 220 g/mol. The Bertz CT molecular complexity index is 185. The van der Waals surface area contributed by atoms with Crippen molar-refractivity contribution in [3.05, 3.63) is 0 Å². The van der Waals surface area contributed by atoms with Crippen LogP contribution in [0.2, 0.25) is 0 Å². The number of carbonyl (C=O) groups excluding carboxylic acids is 1. The van der Waals surface area contributed by atoms with Gasteiger partial charge in [-0.05, 0) is 51.5 Å². The molecule has 96 valence electrons. The monoisotopic (exact) mass is 246 g/mol. The highest BCUT2D eigenvalue weighted by Gasteiger charge is 2.15. The van der Waals surface area contributed by atoms with Crippen LogP contribution >= 0.6 is 11.8 Å². The molecule has 0 aromatic heterocycles. The molecule has 0 bridgehead atoms. The molecule has 3 heteroatoms. The van der Waals surface area contributed by atoms with Crippen molar-refractivity contribution in [2.75, 3.05) is 11.5 Å². The molecule has 0 fully saturated rings. The van der Waals surface area contributed by atoms with Crippen LogP contribution in [0.15, 0.2) is 0 Å². The zero-order valence-electron chi connectivity index (χ0n) is 11.2. The van der Waals surface area contributed by atoms with Gasteiger partial charge in [-0.15, -0.1) is 0 Å². The van der Waals surface area contributed by atoms with E-state index < -0.39 is 0 Å². The van der Waals surface area contributed by atoms with E-state index >= 15 is 0 Å². The number of rotatable bonds is 8. The molecule has 0 aliphatic heterocycles. The van der Waals surface area contributed by atoms with Crippen LogP contribution in [0.25, 0.3) is 0 Å². The lowest BCUT2D eigenvalue weighted by molar-refractivity contribution is -0.154. The molecule has 0 unspecified atom stereocenters. The normalized spacial score (nSPS) is 11.5. The molecule has 0 radical (unpaired) electrons. The molecule has 0 heterocycles. The highest BCUT2D eigenvalue weighted by molar-refractivity contribution is 7.99. The van der Waals surface area contributed by atoms with Crippen molar-refractivity contribution in [1.82, 2.24) is 0 Å². The quantitative estimate of drug-likeness (QED) is 0.478. The van der Waals surface area contributed by atoms with E-state index in [0.29, 0.717) is 6.42 Å². The molecular formula is C13H26O2S. The van der Waals surface area contributed by atoms with Crippen LogP contribution in [0.3, 0.4) is 0 Å². The molecule has 2 nitrogen and oxygen atoms in total. The lowest BCUT2D eigenvalue weighted by atomic mass is 10.2. The molecule has 0 saturated carbocycles. The van der Waals surface area contributed by atoms with Gasteiger partial charge >= 0.3 is 5.97 Å². The summed E-state index contributed by atoms with van der Waals surface area (Å²) in [4.78, 5) is 11.4. The standard InChI is InChI=1S/C13H26O2S/c1-5-6-10-16-11-8-7-9-12(14)15-13(2,3)4/h5-11H2,1-4H3. The lowest BCUT2D eigenvalue weighted by Crippen LogP contribution is -2.23. The maximum absolute atomic E-state index is 11.4. The summed E-state index contributed by atoms with van der Waals surface area (Å²) >= 11 is 1.99. The van der Waals surface area contributed by atoms with Gasteiger partial charge in [0.15, 0.2) is 0 Å². The van der Waals surface area contributed by atoms with Crippen molar-refractivity contribution in [3.8, 4) is 0 Å². The third kappa shape index (κ3) is 11.9. The fraction of sp³-hybridized carbons (Fsp3) is 0.923. The predicted octanol–water partition coefficient (Wildman–Crippen LogP) is 4.03. The van der Waals surface area contributed by atoms with Crippen molar-refractivity contribution < 1.29 is 9.53 Å². The van der Waals surface area contributed by atoms with Crippen LogP contribution in [0.4, 0.5) is 0 Å². The SMILES string of the molecule is CCCCSCCCCC(=O)OC(C)(C)C. The Kier molecular flexibility index (Phi) is 8.81. The lowest BCUT2D eigenvalue weighted by Gasteiger charge is -2.19. The second-order valence-corrected chi connectivity index (χ2v) is 6.23. The van der Waals surface area contributed by atoms with Gasteiger partial charge in [-0.3, -0.25) is 4.79 Å². The van der Waals surface area contributed by atoms with E-state index in [1.54, 1.807) is 0 Å². The number of unbranched alkanes of at least 4 members (excludes halogenated alkanes) is 2. The Morgan fingerprint density at radius 3 is 2.31 bits per heavy atom. The van der Waals surface area contributed by atoms with Gasteiger partial charge in [-0.25, -0.2) is 0 Å². The van der Waals surface area contributed by atoms with Gasteiger partial charge in [-0.1, -0.05) is 13.3 Å². The average molecular weight is 246 g/mol. The van der Waals surface area contributed by atoms with Gasteiger partial charge in [0.05, 0.1) is 0 Å². The van der Waals surface area contributed by atoms with Crippen LogP contribution in [0.5, 0.6) is 0 Å². The van der Waals surface area contributed by atoms with E-state index in [4.69, 9.17) is 4.74 Å². The molecule has 0 aliphatic carbocycles. The van der Waals surface area contributed by atoms with Crippen LogP contribution in [-0.2, 0) is 9.53 Å². The second-order valence-electron chi connectivity index (χ2n) is 5.01. The van der Waals surface area contributed by atoms with Gasteiger partial charge in [0, 0.05) is 6.42 Å². The van der Waals surface area contributed by atoms with Crippen LogP contribution in [-0.4, -0.2) is 23.1 Å². The maximum atomic E-state index is 11.4. The van der Waals surface area contributed by atoms with E-state index in [-0.39, 0.29) is 11.6 Å². The Morgan fingerprint density at radius 2 is 1.75 bits per heavy atom. The van der Waals surface area contributed by atoms with Gasteiger partial charge in [0.1, 0.15) is 5.60 Å². The fourth-order valence-corrected chi connectivity index (χ4v) is 2.32. The molecule has 0 N–H and O–H groups in total. The number of carbonyl (C=O) groups is 1. The number of hydrogen-bond donors (Lipinski definition) is 0. The number of ether oxygens (including phenoxy) is 1. The zero-order chi connectivity index (χ0) is 12.4. The third-order valence-electron chi connectivity index (χ3n) is 1.98. The predicted molar refractivity (Wildman–Crippen MR) is 71.9 cm³/mol. The molecule has 0 rings (SSSR count). The maximum Gasteiger partial charge on any atom is 0.306 e.